The van der Waals surface area contributed by atoms with Gasteiger partial charge in [-0.15, -0.1) is 12.4 Å². The van der Waals surface area contributed by atoms with E-state index in [0.717, 1.165) is 62.0 Å². The highest BCUT2D eigenvalue weighted by molar-refractivity contribution is 5.96. The lowest BCUT2D eigenvalue weighted by molar-refractivity contribution is -0.121. The molecule has 2 aromatic rings. The molecule has 0 spiro atoms. The molecule has 1 saturated carbocycles. The van der Waals surface area contributed by atoms with Crippen molar-refractivity contribution in [2.45, 2.75) is 51.0 Å². The van der Waals surface area contributed by atoms with Crippen molar-refractivity contribution in [3.8, 4) is 0 Å². The van der Waals surface area contributed by atoms with Gasteiger partial charge in [-0.3, -0.25) is 9.59 Å². The van der Waals surface area contributed by atoms with Crippen molar-refractivity contribution in [3.05, 3.63) is 59.7 Å². The molecule has 1 aliphatic heterocycles. The minimum Gasteiger partial charge on any atom is -0.328 e. The van der Waals surface area contributed by atoms with Gasteiger partial charge in [0.15, 0.2) is 0 Å². The molecule has 2 unspecified atom stereocenters. The summed E-state index contributed by atoms with van der Waals surface area (Å²) in [7, 11) is 0. The van der Waals surface area contributed by atoms with Crippen LogP contribution in [0.25, 0.3) is 0 Å². The van der Waals surface area contributed by atoms with Gasteiger partial charge in [0.25, 0.3) is 0 Å². The molecule has 5 nitrogen and oxygen atoms in total. The predicted octanol–water partition coefficient (Wildman–Crippen LogP) is 4.09. The van der Waals surface area contributed by atoms with E-state index in [1.807, 2.05) is 47.4 Å². The number of para-hydroxylation sites is 1. The Morgan fingerprint density at radius 1 is 1.03 bits per heavy atom. The third-order valence-corrected chi connectivity index (χ3v) is 6.07. The van der Waals surface area contributed by atoms with Gasteiger partial charge in [0.2, 0.25) is 11.8 Å². The van der Waals surface area contributed by atoms with Crippen LogP contribution in [0.4, 0.5) is 11.4 Å². The van der Waals surface area contributed by atoms with Crippen LogP contribution in [0.2, 0.25) is 0 Å². The summed E-state index contributed by atoms with van der Waals surface area (Å²) in [5, 5.41) is 3.00. The molecule has 0 aromatic heterocycles. The summed E-state index contributed by atoms with van der Waals surface area (Å²) in [5.41, 5.74) is 10.0. The number of fused-ring (bicyclic) bond motifs is 1. The average Bonchev–Trinajstić information content (AvgIpc) is 2.74. The molecular formula is C24H30ClN3O2. The molecule has 4 rings (SSSR count). The molecule has 0 saturated heterocycles. The minimum atomic E-state index is -0.000765. The maximum atomic E-state index is 12.9. The van der Waals surface area contributed by atoms with Crippen molar-refractivity contribution in [3.63, 3.8) is 0 Å². The summed E-state index contributed by atoms with van der Waals surface area (Å²) in [4.78, 5) is 27.2. The van der Waals surface area contributed by atoms with E-state index in [1.165, 1.54) is 5.56 Å². The van der Waals surface area contributed by atoms with Crippen molar-refractivity contribution < 1.29 is 9.59 Å². The SMILES string of the molecule is Cl.NC1CCCC(C(=O)Nc2ccc(CC(=O)N3CCCc4ccccc43)cc2)C1. The van der Waals surface area contributed by atoms with Crippen LogP contribution in [0.15, 0.2) is 48.5 Å². The van der Waals surface area contributed by atoms with Gasteiger partial charge in [0.05, 0.1) is 6.42 Å². The third-order valence-electron chi connectivity index (χ3n) is 6.07. The number of halogens is 1. The second kappa shape index (κ2) is 10.1. The first-order valence-electron chi connectivity index (χ1n) is 10.6. The minimum absolute atomic E-state index is 0. The first-order valence-corrected chi connectivity index (χ1v) is 10.6. The standard InChI is InChI=1S/C24H29N3O2.ClH/c25-20-8-3-6-19(16-20)24(29)26-21-12-10-17(11-13-21)15-23(28)27-14-4-7-18-5-1-2-9-22(18)27;/h1-2,5,9-13,19-20H,3-4,6-8,14-16,25H2,(H,26,29);1H. The molecule has 30 heavy (non-hydrogen) atoms. The lowest BCUT2D eigenvalue weighted by atomic mass is 9.85. The van der Waals surface area contributed by atoms with Crippen LogP contribution >= 0.6 is 12.4 Å². The second-order valence-corrected chi connectivity index (χ2v) is 8.26. The van der Waals surface area contributed by atoms with E-state index < -0.39 is 0 Å². The molecule has 3 N–H and O–H groups in total. The van der Waals surface area contributed by atoms with Gasteiger partial charge in [-0.1, -0.05) is 36.8 Å². The number of nitrogens with two attached hydrogens (primary N) is 1. The predicted molar refractivity (Wildman–Crippen MR) is 123 cm³/mol. The zero-order valence-electron chi connectivity index (χ0n) is 17.2. The third kappa shape index (κ3) is 5.21. The number of hydrogen-bond donors (Lipinski definition) is 2. The summed E-state index contributed by atoms with van der Waals surface area (Å²) < 4.78 is 0. The Morgan fingerprint density at radius 2 is 1.80 bits per heavy atom. The molecule has 1 heterocycles. The monoisotopic (exact) mass is 427 g/mol. The fourth-order valence-corrected chi connectivity index (χ4v) is 4.48. The number of rotatable bonds is 4. The van der Waals surface area contributed by atoms with Crippen LogP contribution in [0.1, 0.15) is 43.2 Å². The number of nitrogens with zero attached hydrogens (tertiary/aromatic N) is 1. The van der Waals surface area contributed by atoms with Crippen LogP contribution in [0.5, 0.6) is 0 Å². The molecular weight excluding hydrogens is 398 g/mol. The van der Waals surface area contributed by atoms with Crippen molar-refractivity contribution in [1.29, 1.82) is 0 Å². The number of nitrogens with one attached hydrogen (secondary N) is 1. The van der Waals surface area contributed by atoms with Crippen LogP contribution in [-0.2, 0) is 22.4 Å². The van der Waals surface area contributed by atoms with Gasteiger partial charge in [-0.25, -0.2) is 0 Å². The number of hydrogen-bond acceptors (Lipinski definition) is 3. The van der Waals surface area contributed by atoms with E-state index in [1.54, 1.807) is 0 Å². The summed E-state index contributed by atoms with van der Waals surface area (Å²) in [6.07, 6.45) is 6.08. The van der Waals surface area contributed by atoms with Gasteiger partial charge in [0, 0.05) is 29.9 Å². The van der Waals surface area contributed by atoms with Crippen LogP contribution in [-0.4, -0.2) is 24.4 Å². The highest BCUT2D eigenvalue weighted by Crippen LogP contribution is 2.28. The van der Waals surface area contributed by atoms with Gasteiger partial charge >= 0.3 is 0 Å². The van der Waals surface area contributed by atoms with Crippen molar-refractivity contribution >= 4 is 35.6 Å². The Balaban J connectivity index is 0.00000256. The Hall–Kier alpha value is -2.37. The topological polar surface area (TPSA) is 75.4 Å². The fourth-order valence-electron chi connectivity index (χ4n) is 4.48. The highest BCUT2D eigenvalue weighted by atomic mass is 35.5. The molecule has 2 atom stereocenters. The molecule has 2 amide bonds. The maximum Gasteiger partial charge on any atom is 0.231 e. The first-order chi connectivity index (χ1) is 14.1. The smallest absolute Gasteiger partial charge is 0.231 e. The summed E-state index contributed by atoms with van der Waals surface area (Å²) >= 11 is 0. The maximum absolute atomic E-state index is 12.9. The van der Waals surface area contributed by atoms with Crippen LogP contribution in [0, 0.1) is 5.92 Å². The molecule has 2 aromatic carbocycles. The molecule has 1 aliphatic carbocycles. The Morgan fingerprint density at radius 3 is 2.57 bits per heavy atom. The average molecular weight is 428 g/mol. The van der Waals surface area contributed by atoms with E-state index in [4.69, 9.17) is 5.73 Å². The Bertz CT molecular complexity index is 884. The molecule has 0 bridgehead atoms. The Kier molecular flexibility index (Phi) is 7.51. The van der Waals surface area contributed by atoms with E-state index >= 15 is 0 Å². The summed E-state index contributed by atoms with van der Waals surface area (Å²) in [5.74, 6) is 0.165. The number of carbonyl (C=O) groups excluding carboxylic acids is 2. The van der Waals surface area contributed by atoms with E-state index in [-0.39, 0.29) is 36.2 Å². The van der Waals surface area contributed by atoms with Crippen molar-refractivity contribution in [1.82, 2.24) is 0 Å². The number of carbonyl (C=O) groups is 2. The van der Waals surface area contributed by atoms with Gasteiger partial charge in [-0.2, -0.15) is 0 Å². The normalized spacial score (nSPS) is 20.6. The molecule has 160 valence electrons. The summed E-state index contributed by atoms with van der Waals surface area (Å²) in [6, 6.07) is 15.9. The van der Waals surface area contributed by atoms with Crippen LogP contribution in [0.3, 0.4) is 0 Å². The van der Waals surface area contributed by atoms with Crippen molar-refractivity contribution in [2.24, 2.45) is 11.7 Å². The van der Waals surface area contributed by atoms with Crippen molar-refractivity contribution in [2.75, 3.05) is 16.8 Å². The fraction of sp³-hybridized carbons (Fsp3) is 0.417. The number of anilines is 2. The lowest BCUT2D eigenvalue weighted by Crippen LogP contribution is -2.36. The van der Waals surface area contributed by atoms with E-state index in [0.29, 0.717) is 6.42 Å². The highest BCUT2D eigenvalue weighted by Gasteiger charge is 2.25. The molecule has 6 heteroatoms. The number of amides is 2. The van der Waals surface area contributed by atoms with Gasteiger partial charge < -0.3 is 16.0 Å². The number of benzene rings is 2. The quantitative estimate of drug-likeness (QED) is 0.771. The Labute approximate surface area is 184 Å². The number of aryl methyl sites for hydroxylation is 1. The van der Waals surface area contributed by atoms with Gasteiger partial charge in [-0.05, 0) is 61.4 Å². The lowest BCUT2D eigenvalue weighted by Gasteiger charge is -2.29. The summed E-state index contributed by atoms with van der Waals surface area (Å²) in [6.45, 7) is 0.771. The van der Waals surface area contributed by atoms with E-state index in [2.05, 4.69) is 11.4 Å². The zero-order chi connectivity index (χ0) is 20.2. The van der Waals surface area contributed by atoms with E-state index in [9.17, 15) is 9.59 Å². The van der Waals surface area contributed by atoms with Gasteiger partial charge in [0.1, 0.15) is 0 Å². The first kappa shape index (κ1) is 22.3. The second-order valence-electron chi connectivity index (χ2n) is 8.26. The zero-order valence-corrected chi connectivity index (χ0v) is 18.0. The van der Waals surface area contributed by atoms with Crippen LogP contribution < -0.4 is 16.0 Å². The molecule has 2 aliphatic rings. The molecule has 1 fully saturated rings. The molecule has 0 radical (unpaired) electrons. The largest absolute Gasteiger partial charge is 0.328 e.